The molecule has 2 aromatic heterocycles. The van der Waals surface area contributed by atoms with Crippen LogP contribution in [0.1, 0.15) is 10.5 Å². The van der Waals surface area contributed by atoms with Gasteiger partial charge in [-0.1, -0.05) is 0 Å². The highest BCUT2D eigenvalue weighted by molar-refractivity contribution is 14.1. The number of aryl methyl sites for hydroxylation is 1. The fourth-order valence-electron chi connectivity index (χ4n) is 1.38. The lowest BCUT2D eigenvalue weighted by atomic mass is 10.4. The maximum Gasteiger partial charge on any atom is 0.390 e. The zero-order valence-corrected chi connectivity index (χ0v) is 11.4. The fourth-order valence-corrected chi connectivity index (χ4v) is 1.77. The van der Waals surface area contributed by atoms with Crippen molar-refractivity contribution < 1.29 is 9.72 Å². The van der Waals surface area contributed by atoms with Crippen LogP contribution in [0.25, 0.3) is 0 Å². The first-order chi connectivity index (χ1) is 8.47. The molecule has 18 heavy (non-hydrogen) atoms. The zero-order chi connectivity index (χ0) is 13.3. The lowest BCUT2D eigenvalue weighted by Crippen LogP contribution is -2.19. The molecular formula is C9H8IN5O3. The van der Waals surface area contributed by atoms with E-state index in [2.05, 4.69) is 10.2 Å². The van der Waals surface area contributed by atoms with E-state index in [1.165, 1.54) is 15.4 Å². The highest BCUT2D eigenvalue weighted by Gasteiger charge is 2.18. The van der Waals surface area contributed by atoms with E-state index in [1.807, 2.05) is 22.6 Å². The van der Waals surface area contributed by atoms with E-state index in [4.69, 9.17) is 0 Å². The highest BCUT2D eigenvalue weighted by atomic mass is 127. The first-order valence-electron chi connectivity index (χ1n) is 4.89. The van der Waals surface area contributed by atoms with Crippen LogP contribution in [0.15, 0.2) is 18.5 Å². The first kappa shape index (κ1) is 12.7. The van der Waals surface area contributed by atoms with Crippen molar-refractivity contribution in [3.63, 3.8) is 0 Å². The van der Waals surface area contributed by atoms with Crippen LogP contribution in [0.3, 0.4) is 0 Å². The molecule has 0 saturated carbocycles. The molecule has 0 aromatic carbocycles. The summed E-state index contributed by atoms with van der Waals surface area (Å²) >= 11 is 2.04. The number of carbonyl (C=O) groups excluding carboxylic acids is 1. The van der Waals surface area contributed by atoms with Gasteiger partial charge >= 0.3 is 5.82 Å². The Morgan fingerprint density at radius 2 is 2.33 bits per heavy atom. The van der Waals surface area contributed by atoms with E-state index >= 15 is 0 Å². The van der Waals surface area contributed by atoms with Crippen LogP contribution in [0.2, 0.25) is 0 Å². The molecule has 0 radical (unpaired) electrons. The summed E-state index contributed by atoms with van der Waals surface area (Å²) in [4.78, 5) is 21.8. The molecule has 2 rings (SSSR count). The summed E-state index contributed by atoms with van der Waals surface area (Å²) in [5.74, 6) is -0.575. The molecule has 0 unspecified atom stereocenters. The molecule has 0 aliphatic rings. The summed E-state index contributed by atoms with van der Waals surface area (Å²) < 4.78 is 3.31. The second kappa shape index (κ2) is 4.84. The monoisotopic (exact) mass is 361 g/mol. The molecule has 0 saturated heterocycles. The van der Waals surface area contributed by atoms with Gasteiger partial charge in [-0.25, -0.2) is 4.68 Å². The molecule has 0 bridgehead atoms. The Morgan fingerprint density at radius 1 is 1.61 bits per heavy atom. The van der Waals surface area contributed by atoms with Gasteiger partial charge in [-0.05, 0) is 34.4 Å². The van der Waals surface area contributed by atoms with Crippen molar-refractivity contribution in [1.82, 2.24) is 19.6 Å². The van der Waals surface area contributed by atoms with Gasteiger partial charge in [0.25, 0.3) is 5.91 Å². The molecule has 0 atom stereocenters. The van der Waals surface area contributed by atoms with Crippen LogP contribution in [0, 0.1) is 20.6 Å². The Balaban J connectivity index is 2.19. The number of carbonyl (C=O) groups is 1. The second-order valence-electron chi connectivity index (χ2n) is 3.56. The van der Waals surface area contributed by atoms with Gasteiger partial charge in [0.05, 0.1) is 26.6 Å². The quantitative estimate of drug-likeness (QED) is 0.466. The molecular weight excluding hydrogens is 353 g/mol. The van der Waals surface area contributed by atoms with Crippen LogP contribution in [0.5, 0.6) is 0 Å². The topological polar surface area (TPSA) is 95.9 Å². The number of nitro groups is 1. The van der Waals surface area contributed by atoms with Crippen LogP contribution in [-0.2, 0) is 6.54 Å². The maximum atomic E-state index is 11.8. The third kappa shape index (κ3) is 2.55. The van der Waals surface area contributed by atoms with Crippen molar-refractivity contribution in [2.24, 2.45) is 0 Å². The van der Waals surface area contributed by atoms with Crippen LogP contribution in [0.4, 0.5) is 5.82 Å². The molecule has 0 aliphatic heterocycles. The highest BCUT2D eigenvalue weighted by Crippen LogP contribution is 2.11. The molecule has 0 amide bonds. The van der Waals surface area contributed by atoms with E-state index in [9.17, 15) is 14.9 Å². The maximum absolute atomic E-state index is 11.8. The summed E-state index contributed by atoms with van der Waals surface area (Å²) in [5, 5.41) is 18.2. The first-order valence-corrected chi connectivity index (χ1v) is 5.97. The minimum absolute atomic E-state index is 0.0859. The van der Waals surface area contributed by atoms with Crippen LogP contribution >= 0.6 is 22.6 Å². The number of rotatable bonds is 3. The largest absolute Gasteiger partial charge is 0.390 e. The molecule has 2 heterocycles. The van der Waals surface area contributed by atoms with E-state index in [0.29, 0.717) is 5.69 Å². The SMILES string of the molecule is Cc1cc([N+](=O)[O-])nn1CC(=O)n1cc(I)cn1. The van der Waals surface area contributed by atoms with Crippen molar-refractivity contribution in [2.45, 2.75) is 13.5 Å². The summed E-state index contributed by atoms with van der Waals surface area (Å²) in [6.45, 7) is 1.57. The van der Waals surface area contributed by atoms with Crippen molar-refractivity contribution in [3.05, 3.63) is 37.8 Å². The molecule has 94 valence electrons. The standard InChI is InChI=1S/C9H8IN5O3/c1-6-2-8(15(17)18)12-13(6)5-9(16)14-4-7(10)3-11-14/h2-4H,5H2,1H3. The number of aromatic nitrogens is 4. The Hall–Kier alpha value is -1.78. The number of halogens is 1. The minimum atomic E-state index is -0.592. The average molecular weight is 361 g/mol. The number of nitrogens with zero attached hydrogens (tertiary/aromatic N) is 5. The van der Waals surface area contributed by atoms with E-state index in [0.717, 1.165) is 3.57 Å². The van der Waals surface area contributed by atoms with Crippen LogP contribution < -0.4 is 0 Å². The zero-order valence-electron chi connectivity index (χ0n) is 9.28. The molecule has 9 heteroatoms. The van der Waals surface area contributed by atoms with Crippen molar-refractivity contribution in [2.75, 3.05) is 0 Å². The second-order valence-corrected chi connectivity index (χ2v) is 4.80. The van der Waals surface area contributed by atoms with E-state index in [1.54, 1.807) is 19.3 Å². The molecule has 2 aromatic rings. The smallest absolute Gasteiger partial charge is 0.358 e. The predicted octanol–water partition coefficient (Wildman–Crippen LogP) is 1.24. The van der Waals surface area contributed by atoms with Gasteiger partial charge in [-0.2, -0.15) is 9.78 Å². The van der Waals surface area contributed by atoms with Gasteiger partial charge in [0.15, 0.2) is 0 Å². The van der Waals surface area contributed by atoms with Gasteiger partial charge in [0.1, 0.15) is 6.54 Å². The van der Waals surface area contributed by atoms with E-state index < -0.39 is 4.92 Å². The molecule has 0 N–H and O–H groups in total. The van der Waals surface area contributed by atoms with Gasteiger partial charge in [-0.15, -0.1) is 0 Å². The summed E-state index contributed by atoms with van der Waals surface area (Å²) in [6.07, 6.45) is 3.13. The van der Waals surface area contributed by atoms with Crippen molar-refractivity contribution in [1.29, 1.82) is 0 Å². The molecule has 0 spiro atoms. The summed E-state index contributed by atoms with van der Waals surface area (Å²) in [7, 11) is 0. The Morgan fingerprint density at radius 3 is 2.83 bits per heavy atom. The van der Waals surface area contributed by atoms with Gasteiger partial charge in [0, 0.05) is 6.20 Å². The Labute approximate surface area is 115 Å². The molecule has 8 nitrogen and oxygen atoms in total. The van der Waals surface area contributed by atoms with Crippen molar-refractivity contribution >= 4 is 34.3 Å². The average Bonchev–Trinajstić information content (AvgIpc) is 2.86. The molecule has 0 fully saturated rings. The number of hydrogen-bond donors (Lipinski definition) is 0. The lowest BCUT2D eigenvalue weighted by Gasteiger charge is -1.99. The minimum Gasteiger partial charge on any atom is -0.358 e. The third-order valence-corrected chi connectivity index (χ3v) is 2.80. The summed E-state index contributed by atoms with van der Waals surface area (Å²) in [5.41, 5.74) is 0.553. The predicted molar refractivity (Wildman–Crippen MR) is 69.2 cm³/mol. The van der Waals surface area contributed by atoms with E-state index in [-0.39, 0.29) is 18.3 Å². The lowest BCUT2D eigenvalue weighted by molar-refractivity contribution is -0.389. The van der Waals surface area contributed by atoms with Gasteiger partial charge < -0.3 is 10.1 Å². The summed E-state index contributed by atoms with van der Waals surface area (Å²) in [6, 6.07) is 1.32. The van der Waals surface area contributed by atoms with Gasteiger partial charge in [-0.3, -0.25) is 4.79 Å². The molecule has 0 aliphatic carbocycles. The number of hydrogen-bond acceptors (Lipinski definition) is 5. The van der Waals surface area contributed by atoms with Crippen LogP contribution in [-0.4, -0.2) is 30.4 Å². The Bertz CT molecular complexity index is 618. The normalized spacial score (nSPS) is 10.6. The van der Waals surface area contributed by atoms with Crippen molar-refractivity contribution in [3.8, 4) is 0 Å². The fraction of sp³-hybridized carbons (Fsp3) is 0.222. The third-order valence-electron chi connectivity index (χ3n) is 2.25. The Kier molecular flexibility index (Phi) is 3.41. The van der Waals surface area contributed by atoms with Gasteiger partial charge in [0.2, 0.25) is 0 Å².